The van der Waals surface area contributed by atoms with Gasteiger partial charge in [-0.3, -0.25) is 9.69 Å². The van der Waals surface area contributed by atoms with E-state index in [1.54, 1.807) is 0 Å². The zero-order valence-corrected chi connectivity index (χ0v) is 16.0. The van der Waals surface area contributed by atoms with Gasteiger partial charge in [0, 0.05) is 49.5 Å². The maximum absolute atomic E-state index is 12.1. The maximum Gasteiger partial charge on any atom is 0.411 e. The van der Waals surface area contributed by atoms with Crippen LogP contribution in [0.2, 0.25) is 0 Å². The monoisotopic (exact) mass is 437 g/mol. The molecule has 1 heterocycles. The average molecular weight is 438 g/mol. The van der Waals surface area contributed by atoms with Crippen molar-refractivity contribution in [3.63, 3.8) is 0 Å². The second kappa shape index (κ2) is 10.2. The number of piperazine rings is 1. The van der Waals surface area contributed by atoms with Gasteiger partial charge in [-0.1, -0.05) is 15.9 Å². The zero-order chi connectivity index (χ0) is 19.0. The van der Waals surface area contributed by atoms with Crippen LogP contribution in [0.25, 0.3) is 0 Å². The van der Waals surface area contributed by atoms with E-state index >= 15 is 0 Å². The van der Waals surface area contributed by atoms with Crippen molar-refractivity contribution in [3.8, 4) is 0 Å². The molecule has 1 amide bonds. The highest BCUT2D eigenvalue weighted by Crippen LogP contribution is 2.15. The van der Waals surface area contributed by atoms with E-state index in [-0.39, 0.29) is 12.5 Å². The Labute approximate surface area is 159 Å². The van der Waals surface area contributed by atoms with Gasteiger partial charge in [-0.25, -0.2) is 0 Å². The largest absolute Gasteiger partial charge is 0.411 e. The fourth-order valence-electron chi connectivity index (χ4n) is 2.69. The molecule has 0 spiro atoms. The first-order valence-electron chi connectivity index (χ1n) is 8.46. The summed E-state index contributed by atoms with van der Waals surface area (Å²) in [7, 11) is 0. The summed E-state index contributed by atoms with van der Waals surface area (Å²) < 4.78 is 41.5. The minimum absolute atomic E-state index is 0.0543. The number of hydrogen-bond donors (Lipinski definition) is 1. The average Bonchev–Trinajstić information content (AvgIpc) is 2.57. The van der Waals surface area contributed by atoms with Crippen molar-refractivity contribution in [1.82, 2.24) is 9.80 Å². The Morgan fingerprint density at radius 2 is 1.73 bits per heavy atom. The van der Waals surface area contributed by atoms with Gasteiger partial charge in [0.25, 0.3) is 0 Å². The van der Waals surface area contributed by atoms with Gasteiger partial charge in [0.1, 0.15) is 6.61 Å². The van der Waals surface area contributed by atoms with Crippen molar-refractivity contribution >= 4 is 27.5 Å². The maximum atomic E-state index is 12.1. The van der Waals surface area contributed by atoms with Crippen molar-refractivity contribution in [1.29, 1.82) is 0 Å². The summed E-state index contributed by atoms with van der Waals surface area (Å²) in [5.74, 6) is -0.0543. The number of rotatable bonds is 8. The van der Waals surface area contributed by atoms with Crippen molar-refractivity contribution in [3.05, 3.63) is 28.7 Å². The first kappa shape index (κ1) is 21.1. The highest BCUT2D eigenvalue weighted by atomic mass is 79.9. The molecule has 1 fully saturated rings. The lowest BCUT2D eigenvalue weighted by molar-refractivity contribution is -0.174. The van der Waals surface area contributed by atoms with Crippen molar-refractivity contribution in [2.45, 2.75) is 12.6 Å². The number of nitrogens with one attached hydrogen (secondary N) is 1. The van der Waals surface area contributed by atoms with Gasteiger partial charge < -0.3 is 15.0 Å². The molecule has 1 aromatic rings. The SMILES string of the molecule is O=C(CN1CCN(CCCOCC(F)(F)F)CC1)Nc1ccc(Br)cc1. The normalized spacial score (nSPS) is 16.6. The molecule has 0 atom stereocenters. The van der Waals surface area contributed by atoms with Gasteiger partial charge in [-0.05, 0) is 30.7 Å². The van der Waals surface area contributed by atoms with Crippen LogP contribution in [0.4, 0.5) is 18.9 Å². The number of carbonyl (C=O) groups is 1. The molecule has 1 aliphatic heterocycles. The lowest BCUT2D eigenvalue weighted by Gasteiger charge is -2.34. The standard InChI is InChI=1S/C17H23BrF3N3O2/c18-14-2-4-15(5-3-14)22-16(25)12-24-9-7-23(8-10-24)6-1-11-26-13-17(19,20)21/h2-5H,1,6-13H2,(H,22,25). The minimum atomic E-state index is -4.26. The number of alkyl halides is 3. The molecule has 1 N–H and O–H groups in total. The van der Waals surface area contributed by atoms with Gasteiger partial charge in [-0.15, -0.1) is 0 Å². The first-order chi connectivity index (χ1) is 12.3. The summed E-state index contributed by atoms with van der Waals surface area (Å²) in [5, 5.41) is 2.86. The third-order valence-electron chi connectivity index (χ3n) is 3.99. The van der Waals surface area contributed by atoms with Crippen LogP contribution in [-0.2, 0) is 9.53 Å². The number of anilines is 1. The Morgan fingerprint density at radius 1 is 1.12 bits per heavy atom. The Hall–Kier alpha value is -1.16. The van der Waals surface area contributed by atoms with Crippen LogP contribution in [0.3, 0.4) is 0 Å². The van der Waals surface area contributed by atoms with Gasteiger partial charge in [0.05, 0.1) is 6.54 Å². The lowest BCUT2D eigenvalue weighted by atomic mass is 10.2. The van der Waals surface area contributed by atoms with Crippen molar-refractivity contribution in [2.24, 2.45) is 0 Å². The molecule has 0 aromatic heterocycles. The molecule has 0 aliphatic carbocycles. The molecule has 5 nitrogen and oxygen atoms in total. The van der Waals surface area contributed by atoms with E-state index in [9.17, 15) is 18.0 Å². The molecule has 1 saturated heterocycles. The molecule has 0 saturated carbocycles. The molecule has 0 bridgehead atoms. The predicted octanol–water partition coefficient (Wildman–Crippen LogP) is 2.97. The smallest absolute Gasteiger partial charge is 0.372 e. The van der Waals surface area contributed by atoms with E-state index < -0.39 is 12.8 Å². The van der Waals surface area contributed by atoms with Crippen LogP contribution in [0.5, 0.6) is 0 Å². The van der Waals surface area contributed by atoms with E-state index in [1.807, 2.05) is 24.3 Å². The minimum Gasteiger partial charge on any atom is -0.372 e. The fourth-order valence-corrected chi connectivity index (χ4v) is 2.95. The summed E-state index contributed by atoms with van der Waals surface area (Å²) >= 11 is 3.35. The molecule has 0 radical (unpaired) electrons. The number of benzene rings is 1. The van der Waals surface area contributed by atoms with Crippen LogP contribution in [0.1, 0.15) is 6.42 Å². The number of amides is 1. The van der Waals surface area contributed by atoms with Gasteiger partial charge in [0.15, 0.2) is 0 Å². The quantitative estimate of drug-likeness (QED) is 0.635. The highest BCUT2D eigenvalue weighted by Gasteiger charge is 2.27. The van der Waals surface area contributed by atoms with Crippen LogP contribution < -0.4 is 5.32 Å². The van der Waals surface area contributed by atoms with Crippen molar-refractivity contribution < 1.29 is 22.7 Å². The number of ether oxygens (including phenoxy) is 1. The number of halogens is 4. The van der Waals surface area contributed by atoms with E-state index in [0.29, 0.717) is 19.5 Å². The topological polar surface area (TPSA) is 44.8 Å². The van der Waals surface area contributed by atoms with E-state index in [0.717, 1.165) is 36.3 Å². The number of carbonyl (C=O) groups excluding carboxylic acids is 1. The fraction of sp³-hybridized carbons (Fsp3) is 0.588. The molecule has 0 unspecified atom stereocenters. The Bertz CT molecular complexity index is 561. The third-order valence-corrected chi connectivity index (χ3v) is 4.52. The van der Waals surface area contributed by atoms with Crippen molar-refractivity contribution in [2.75, 3.05) is 57.8 Å². The molecule has 26 heavy (non-hydrogen) atoms. The highest BCUT2D eigenvalue weighted by molar-refractivity contribution is 9.10. The van der Waals surface area contributed by atoms with Gasteiger partial charge in [-0.2, -0.15) is 13.2 Å². The van der Waals surface area contributed by atoms with Crippen LogP contribution in [0.15, 0.2) is 28.7 Å². The summed E-state index contributed by atoms with van der Waals surface area (Å²) in [4.78, 5) is 16.3. The number of hydrogen-bond acceptors (Lipinski definition) is 4. The van der Waals surface area contributed by atoms with Crippen LogP contribution >= 0.6 is 15.9 Å². The van der Waals surface area contributed by atoms with E-state index in [1.165, 1.54) is 0 Å². The summed E-state index contributed by atoms with van der Waals surface area (Å²) in [6.07, 6.45) is -3.69. The Balaban J connectivity index is 1.58. The molecule has 1 aliphatic rings. The van der Waals surface area contributed by atoms with Crippen LogP contribution in [-0.4, -0.2) is 74.4 Å². The van der Waals surface area contributed by atoms with E-state index in [4.69, 9.17) is 0 Å². The van der Waals surface area contributed by atoms with E-state index in [2.05, 4.69) is 35.8 Å². The van der Waals surface area contributed by atoms with Gasteiger partial charge >= 0.3 is 6.18 Å². The second-order valence-corrected chi connectivity index (χ2v) is 7.11. The first-order valence-corrected chi connectivity index (χ1v) is 9.26. The molecule has 9 heteroatoms. The summed E-state index contributed by atoms with van der Waals surface area (Å²) in [6, 6.07) is 7.40. The molecule has 146 valence electrons. The molecular weight excluding hydrogens is 415 g/mol. The zero-order valence-electron chi connectivity index (χ0n) is 14.4. The molecular formula is C17H23BrF3N3O2. The second-order valence-electron chi connectivity index (χ2n) is 6.19. The number of nitrogens with zero attached hydrogens (tertiary/aromatic N) is 2. The Morgan fingerprint density at radius 3 is 2.35 bits per heavy atom. The van der Waals surface area contributed by atoms with Crippen LogP contribution in [0, 0.1) is 0 Å². The summed E-state index contributed by atoms with van der Waals surface area (Å²) in [6.45, 7) is 3.07. The molecule has 1 aromatic carbocycles. The third kappa shape index (κ3) is 8.48. The van der Waals surface area contributed by atoms with Gasteiger partial charge in [0.2, 0.25) is 5.91 Å². The Kier molecular flexibility index (Phi) is 8.33. The molecule has 2 rings (SSSR count). The predicted molar refractivity (Wildman–Crippen MR) is 97.1 cm³/mol. The summed E-state index contributed by atoms with van der Waals surface area (Å²) in [5.41, 5.74) is 0.760. The lowest BCUT2D eigenvalue weighted by Crippen LogP contribution is -2.48.